The first-order chi connectivity index (χ1) is 15.6. The molecular formula is C28H22N2O2. The van der Waals surface area contributed by atoms with E-state index in [-0.39, 0.29) is 11.5 Å². The van der Waals surface area contributed by atoms with Gasteiger partial charge < -0.3 is 10.2 Å². The Kier molecular flexibility index (Phi) is 4.96. The van der Waals surface area contributed by atoms with Crippen molar-refractivity contribution >= 4 is 0 Å². The molecule has 0 saturated carbocycles. The van der Waals surface area contributed by atoms with Crippen molar-refractivity contribution < 1.29 is 10.2 Å². The monoisotopic (exact) mass is 418 g/mol. The Morgan fingerprint density at radius 1 is 0.594 bits per heavy atom. The molecule has 0 unspecified atom stereocenters. The predicted octanol–water partition coefficient (Wildman–Crippen LogP) is 6.59. The summed E-state index contributed by atoms with van der Waals surface area (Å²) >= 11 is 0. The van der Waals surface area contributed by atoms with E-state index >= 15 is 0 Å². The van der Waals surface area contributed by atoms with Gasteiger partial charge in [-0.3, -0.25) is 0 Å². The van der Waals surface area contributed by atoms with Crippen LogP contribution in [-0.4, -0.2) is 20.0 Å². The van der Waals surface area contributed by atoms with E-state index in [1.54, 1.807) is 24.3 Å². The summed E-state index contributed by atoms with van der Waals surface area (Å²) in [6, 6.07) is 32.7. The summed E-state index contributed by atoms with van der Waals surface area (Å²) in [7, 11) is 0. The Labute approximate surface area is 186 Å². The number of benzene rings is 4. The third-order valence-corrected chi connectivity index (χ3v) is 5.57. The highest BCUT2D eigenvalue weighted by atomic mass is 16.3. The summed E-state index contributed by atoms with van der Waals surface area (Å²) in [6.45, 7) is 2.07. The topological polar surface area (TPSA) is 58.3 Å². The first-order valence-electron chi connectivity index (χ1n) is 10.4. The number of phenolic OH excluding ortho intramolecular Hbond substituents is 2. The second-order valence-electron chi connectivity index (χ2n) is 7.73. The lowest BCUT2D eigenvalue weighted by molar-refractivity contribution is 0.475. The van der Waals surface area contributed by atoms with Crippen LogP contribution in [0, 0.1) is 6.92 Å². The number of aromatic nitrogens is 2. The Morgan fingerprint density at radius 3 is 1.78 bits per heavy atom. The largest absolute Gasteiger partial charge is 0.508 e. The van der Waals surface area contributed by atoms with Gasteiger partial charge in [-0.2, -0.15) is 5.10 Å². The van der Waals surface area contributed by atoms with Gasteiger partial charge in [-0.15, -0.1) is 0 Å². The average molecular weight is 418 g/mol. The molecule has 5 rings (SSSR count). The number of rotatable bonds is 4. The summed E-state index contributed by atoms with van der Waals surface area (Å²) in [5.41, 5.74) is 7.74. The first kappa shape index (κ1) is 19.6. The molecule has 0 spiro atoms. The van der Waals surface area contributed by atoms with Gasteiger partial charge in [-0.1, -0.05) is 48.5 Å². The zero-order valence-electron chi connectivity index (χ0n) is 17.6. The van der Waals surface area contributed by atoms with Crippen molar-refractivity contribution in [2.24, 2.45) is 0 Å². The first-order valence-corrected chi connectivity index (χ1v) is 10.4. The standard InChI is InChI=1S/C28H22N2O2/c1-19-7-5-6-10-25(19)30-28(22-13-17-24(32)18-14-22)26(20-8-3-2-4-9-20)27(29-30)21-11-15-23(31)16-12-21/h2-18,31-32H,1H3. The number of aryl methyl sites for hydroxylation is 1. The summed E-state index contributed by atoms with van der Waals surface area (Å²) in [5, 5.41) is 24.8. The summed E-state index contributed by atoms with van der Waals surface area (Å²) in [5.74, 6) is 0.433. The van der Waals surface area contributed by atoms with Crippen LogP contribution in [0.2, 0.25) is 0 Å². The van der Waals surface area contributed by atoms with Crippen molar-refractivity contribution in [2.45, 2.75) is 6.92 Å². The highest BCUT2D eigenvalue weighted by Gasteiger charge is 2.23. The minimum Gasteiger partial charge on any atom is -0.508 e. The normalized spacial score (nSPS) is 10.9. The maximum atomic E-state index is 9.88. The Balaban J connectivity index is 1.89. The van der Waals surface area contributed by atoms with Crippen molar-refractivity contribution in [3.8, 4) is 50.8 Å². The van der Waals surface area contributed by atoms with Crippen molar-refractivity contribution in [1.82, 2.24) is 9.78 Å². The van der Waals surface area contributed by atoms with Gasteiger partial charge in [0.1, 0.15) is 17.2 Å². The van der Waals surface area contributed by atoms with Crippen molar-refractivity contribution in [2.75, 3.05) is 0 Å². The van der Waals surface area contributed by atoms with E-state index in [0.29, 0.717) is 0 Å². The molecule has 0 fully saturated rings. The molecule has 5 aromatic rings. The molecule has 2 N–H and O–H groups in total. The van der Waals surface area contributed by atoms with E-state index < -0.39 is 0 Å². The van der Waals surface area contributed by atoms with Gasteiger partial charge in [0.2, 0.25) is 0 Å². The van der Waals surface area contributed by atoms with Crippen LogP contribution in [0.15, 0.2) is 103 Å². The number of nitrogens with zero attached hydrogens (tertiary/aromatic N) is 2. The molecule has 1 heterocycles. The summed E-state index contributed by atoms with van der Waals surface area (Å²) in [4.78, 5) is 0. The van der Waals surface area contributed by atoms with Crippen LogP contribution in [-0.2, 0) is 0 Å². The van der Waals surface area contributed by atoms with Crippen LogP contribution in [0.3, 0.4) is 0 Å². The van der Waals surface area contributed by atoms with E-state index in [1.807, 2.05) is 59.3 Å². The number of hydrogen-bond acceptors (Lipinski definition) is 3. The fourth-order valence-electron chi connectivity index (χ4n) is 3.98. The van der Waals surface area contributed by atoms with E-state index in [9.17, 15) is 10.2 Å². The molecule has 4 aromatic carbocycles. The van der Waals surface area contributed by atoms with Crippen LogP contribution in [0.1, 0.15) is 5.56 Å². The Hall–Kier alpha value is -4.31. The van der Waals surface area contributed by atoms with Crippen molar-refractivity contribution in [3.05, 3.63) is 109 Å². The second kappa shape index (κ2) is 8.08. The lowest BCUT2D eigenvalue weighted by atomic mass is 9.95. The lowest BCUT2D eigenvalue weighted by Gasteiger charge is -2.12. The predicted molar refractivity (Wildman–Crippen MR) is 128 cm³/mol. The molecular weight excluding hydrogens is 396 g/mol. The van der Waals surface area contributed by atoms with Crippen LogP contribution < -0.4 is 0 Å². The fourth-order valence-corrected chi connectivity index (χ4v) is 3.98. The zero-order valence-corrected chi connectivity index (χ0v) is 17.6. The van der Waals surface area contributed by atoms with Gasteiger partial charge in [0.05, 0.1) is 11.4 Å². The maximum absolute atomic E-state index is 9.88. The number of para-hydroxylation sites is 1. The summed E-state index contributed by atoms with van der Waals surface area (Å²) in [6.07, 6.45) is 0. The highest BCUT2D eigenvalue weighted by molar-refractivity contribution is 5.92. The molecule has 32 heavy (non-hydrogen) atoms. The highest BCUT2D eigenvalue weighted by Crippen LogP contribution is 2.42. The molecule has 0 radical (unpaired) electrons. The Morgan fingerprint density at radius 2 is 1.16 bits per heavy atom. The zero-order chi connectivity index (χ0) is 22.1. The maximum Gasteiger partial charge on any atom is 0.115 e. The molecule has 0 aliphatic rings. The SMILES string of the molecule is Cc1ccccc1-n1nc(-c2ccc(O)cc2)c(-c2ccccc2)c1-c1ccc(O)cc1. The second-order valence-corrected chi connectivity index (χ2v) is 7.73. The van der Waals surface area contributed by atoms with Crippen LogP contribution in [0.4, 0.5) is 0 Å². The van der Waals surface area contributed by atoms with Gasteiger partial charge in [0.25, 0.3) is 0 Å². The quantitative estimate of drug-likeness (QED) is 0.346. The summed E-state index contributed by atoms with van der Waals surface area (Å²) < 4.78 is 1.98. The molecule has 0 amide bonds. The molecule has 0 aliphatic carbocycles. The van der Waals surface area contributed by atoms with E-state index in [4.69, 9.17) is 5.10 Å². The fraction of sp³-hybridized carbons (Fsp3) is 0.0357. The molecule has 4 nitrogen and oxygen atoms in total. The smallest absolute Gasteiger partial charge is 0.115 e. The average Bonchev–Trinajstić information content (AvgIpc) is 3.21. The van der Waals surface area contributed by atoms with Crippen LogP contribution in [0.25, 0.3) is 39.3 Å². The number of aromatic hydroxyl groups is 2. The van der Waals surface area contributed by atoms with Gasteiger partial charge in [0.15, 0.2) is 0 Å². The van der Waals surface area contributed by atoms with Gasteiger partial charge in [-0.05, 0) is 72.6 Å². The molecule has 0 bridgehead atoms. The number of hydrogen-bond donors (Lipinski definition) is 2. The molecule has 0 aliphatic heterocycles. The number of phenols is 2. The minimum absolute atomic E-state index is 0.215. The van der Waals surface area contributed by atoms with Crippen LogP contribution in [0.5, 0.6) is 11.5 Å². The molecule has 4 heteroatoms. The van der Waals surface area contributed by atoms with Gasteiger partial charge in [-0.25, -0.2) is 4.68 Å². The van der Waals surface area contributed by atoms with E-state index in [0.717, 1.165) is 44.9 Å². The molecule has 1 aromatic heterocycles. The van der Waals surface area contributed by atoms with E-state index in [1.165, 1.54) is 0 Å². The molecule has 0 saturated heterocycles. The molecule has 0 atom stereocenters. The van der Waals surface area contributed by atoms with Crippen molar-refractivity contribution in [3.63, 3.8) is 0 Å². The van der Waals surface area contributed by atoms with Gasteiger partial charge >= 0.3 is 0 Å². The van der Waals surface area contributed by atoms with E-state index in [2.05, 4.69) is 31.2 Å². The van der Waals surface area contributed by atoms with Gasteiger partial charge in [0, 0.05) is 16.7 Å². The molecule has 156 valence electrons. The lowest BCUT2D eigenvalue weighted by Crippen LogP contribution is -2.01. The van der Waals surface area contributed by atoms with Crippen LogP contribution >= 0.6 is 0 Å². The Bertz CT molecular complexity index is 1370. The minimum atomic E-state index is 0.215. The third kappa shape index (κ3) is 3.52. The van der Waals surface area contributed by atoms with Crippen molar-refractivity contribution in [1.29, 1.82) is 0 Å². The third-order valence-electron chi connectivity index (χ3n) is 5.57.